The smallest absolute Gasteiger partial charge is 0.138 e. The molecule has 0 amide bonds. The fourth-order valence-electron chi connectivity index (χ4n) is 9.11. The number of nitrogens with zero attached hydrogens (tertiary/aromatic N) is 7. The lowest BCUT2D eigenvalue weighted by molar-refractivity contribution is 0.696. The van der Waals surface area contributed by atoms with Crippen LogP contribution < -0.4 is 42.4 Å². The zero-order chi connectivity index (χ0) is 45.3. The Morgan fingerprint density at radius 1 is 0.258 bits per heavy atom. The molecule has 2 atom stereocenters. The molecule has 0 bridgehead atoms. The average Bonchev–Trinajstić information content (AvgIpc) is 3.37. The molecule has 2 aliphatic heterocycles. The summed E-state index contributed by atoms with van der Waals surface area (Å²) in [6.45, 7) is -1.07. The van der Waals surface area contributed by atoms with Crippen molar-refractivity contribution in [2.24, 2.45) is 27.1 Å². The van der Waals surface area contributed by atoms with E-state index in [1.54, 1.807) is 0 Å². The van der Waals surface area contributed by atoms with Gasteiger partial charge in [-0.3, -0.25) is 4.67 Å². The number of hydrogen-bond acceptors (Lipinski definition) is 7. The molecule has 0 N–H and O–H groups in total. The molecule has 0 aromatic heterocycles. The first-order valence-corrected chi connectivity index (χ1v) is 35.6. The van der Waals surface area contributed by atoms with E-state index in [4.69, 9.17) is 27.1 Å². The van der Waals surface area contributed by atoms with Crippen LogP contribution in [0.25, 0.3) is 0 Å². The van der Waals surface area contributed by atoms with E-state index in [1.165, 1.54) is 0 Å². The number of hydrogen-bond donors (Lipinski definition) is 0. The Morgan fingerprint density at radius 3 is 0.591 bits per heavy atom. The van der Waals surface area contributed by atoms with Crippen molar-refractivity contribution in [2.75, 3.05) is 27.4 Å². The van der Waals surface area contributed by atoms with Crippen LogP contribution in [0.1, 0.15) is 0 Å². The zero-order valence-corrected chi connectivity index (χ0v) is 43.6. The maximum absolute atomic E-state index is 6.47. The summed E-state index contributed by atoms with van der Waals surface area (Å²) < 4.78 is 41.0. The minimum Gasteiger partial charge on any atom is -0.276 e. The highest BCUT2D eigenvalue weighted by molar-refractivity contribution is 8.64. The van der Waals surface area contributed by atoms with Gasteiger partial charge in [-0.05, 0) is 27.4 Å². The number of benzene rings is 8. The predicted octanol–water partition coefficient (Wildman–Crippen LogP) is 14.4. The molecule has 14 heteroatoms. The van der Waals surface area contributed by atoms with Crippen LogP contribution in [-0.2, 0) is 0 Å². The van der Waals surface area contributed by atoms with E-state index in [1.807, 2.05) is 0 Å². The molecule has 2 aliphatic rings. The Kier molecular flexibility index (Phi) is 12.7. The van der Waals surface area contributed by atoms with Gasteiger partial charge >= 0.3 is 0 Å². The van der Waals surface area contributed by atoms with E-state index in [0.717, 1.165) is 42.4 Å². The maximum Gasteiger partial charge on any atom is 0.138 e. The molecule has 0 saturated carbocycles. The van der Waals surface area contributed by atoms with E-state index in [9.17, 15) is 0 Å². The van der Waals surface area contributed by atoms with Crippen LogP contribution >= 0.6 is 50.1 Å². The lowest BCUT2D eigenvalue weighted by atomic mass is 10.4. The molecule has 0 saturated heterocycles. The van der Waals surface area contributed by atoms with Crippen molar-refractivity contribution in [2.45, 2.75) is 0 Å². The highest BCUT2D eigenvalue weighted by Crippen LogP contribution is 3.02. The molecular weight excluding hydrogens is 939 g/mol. The first-order valence-electron chi connectivity index (χ1n) is 21.9. The molecule has 8 aromatic carbocycles. The average molecular weight is 992 g/mol. The first-order chi connectivity index (χ1) is 32.1. The van der Waals surface area contributed by atoms with Gasteiger partial charge in [0.25, 0.3) is 0 Å². The highest BCUT2D eigenvalue weighted by atomic mass is 32.5. The van der Waals surface area contributed by atoms with Crippen LogP contribution in [0.15, 0.2) is 270 Å². The first kappa shape index (κ1) is 45.3. The molecule has 0 spiro atoms. The van der Waals surface area contributed by atoms with Gasteiger partial charge in [-0.2, -0.15) is 0 Å². The van der Waals surface area contributed by atoms with Crippen LogP contribution in [-0.4, -0.2) is 32.1 Å². The molecule has 10 rings (SSSR count). The Balaban J connectivity index is 1.45. The summed E-state index contributed by atoms with van der Waals surface area (Å²) in [5, 5.41) is 9.03. The molecule has 66 heavy (non-hydrogen) atoms. The van der Waals surface area contributed by atoms with Crippen molar-refractivity contribution in [3.63, 3.8) is 0 Å². The van der Waals surface area contributed by atoms with Crippen molar-refractivity contribution in [1.29, 1.82) is 0 Å². The normalized spacial score (nSPS) is 21.5. The van der Waals surface area contributed by atoms with Gasteiger partial charge in [-0.1, -0.05) is 243 Å². The lowest BCUT2D eigenvalue weighted by Gasteiger charge is -2.45. The minimum absolute atomic E-state index is 1.13. The van der Waals surface area contributed by atoms with Gasteiger partial charge in [0.2, 0.25) is 0 Å². The Hall–Kier alpha value is -4.47. The third-order valence-electron chi connectivity index (χ3n) is 11.7. The van der Waals surface area contributed by atoms with Crippen LogP contribution in [0, 0.1) is 0 Å². The molecule has 330 valence electrons. The fourth-order valence-corrected chi connectivity index (χ4v) is 60.8. The van der Waals surface area contributed by atoms with E-state index < -0.39 is 50.1 Å². The topological polar surface area (TPSA) is 77.4 Å². The molecule has 0 aliphatic carbocycles. The lowest BCUT2D eigenvalue weighted by Crippen LogP contribution is -2.22. The monoisotopic (exact) mass is 991 g/mol. The second-order valence-electron chi connectivity index (χ2n) is 16.5. The van der Waals surface area contributed by atoms with Crippen molar-refractivity contribution in [3.05, 3.63) is 243 Å². The second kappa shape index (κ2) is 18.6. The highest BCUT2D eigenvalue weighted by Gasteiger charge is 2.50. The van der Waals surface area contributed by atoms with Gasteiger partial charge in [0.1, 0.15) is 42.6 Å². The summed E-state index contributed by atoms with van der Waals surface area (Å²) in [6.07, 6.45) is 0. The fraction of sp³-hybridized carbons (Fsp3) is 0.0769. The summed E-state index contributed by atoms with van der Waals surface area (Å²) in [7, 11) is -8.79. The van der Waals surface area contributed by atoms with Gasteiger partial charge in [-0.15, -0.1) is 0 Å². The van der Waals surface area contributed by atoms with Gasteiger partial charge in [0.15, 0.2) is 0 Å². The van der Waals surface area contributed by atoms with Crippen molar-refractivity contribution in [1.82, 2.24) is 4.67 Å². The zero-order valence-electron chi connectivity index (χ0n) is 37.4. The molecule has 8 aromatic rings. The summed E-state index contributed by atoms with van der Waals surface area (Å²) >= 11 is 0. The van der Waals surface area contributed by atoms with E-state index in [0.29, 0.717) is 0 Å². The molecule has 7 nitrogen and oxygen atoms in total. The molecular formula is C52H52N7P7. The quantitative estimate of drug-likeness (QED) is 0.119. The molecule has 2 unspecified atom stereocenters. The maximum atomic E-state index is 6.47. The van der Waals surface area contributed by atoms with Crippen LogP contribution in [0.2, 0.25) is 0 Å². The van der Waals surface area contributed by atoms with Gasteiger partial charge in [-0.25, -0.2) is 27.1 Å². The Labute approximate surface area is 392 Å². The summed E-state index contributed by atoms with van der Waals surface area (Å²) in [4.78, 5) is 0. The largest absolute Gasteiger partial charge is 0.276 e. The van der Waals surface area contributed by atoms with Crippen LogP contribution in [0.3, 0.4) is 0 Å². The third-order valence-corrected chi connectivity index (χ3v) is 50.8. The summed E-state index contributed by atoms with van der Waals surface area (Å²) in [5.74, 6) is 0. The second-order valence-corrected chi connectivity index (χ2v) is 42.3. The third kappa shape index (κ3) is 8.01. The van der Waals surface area contributed by atoms with Gasteiger partial charge in [0, 0.05) is 42.4 Å². The van der Waals surface area contributed by atoms with E-state index in [-0.39, 0.29) is 0 Å². The van der Waals surface area contributed by atoms with Crippen molar-refractivity contribution >= 4 is 92.5 Å². The van der Waals surface area contributed by atoms with Crippen molar-refractivity contribution < 1.29 is 0 Å². The summed E-state index contributed by atoms with van der Waals surface area (Å²) in [5.41, 5.74) is 0. The summed E-state index contributed by atoms with van der Waals surface area (Å²) in [6, 6.07) is 87.1. The van der Waals surface area contributed by atoms with Gasteiger partial charge < -0.3 is 0 Å². The predicted molar refractivity (Wildman–Crippen MR) is 297 cm³/mol. The molecule has 2 heterocycles. The van der Waals surface area contributed by atoms with Crippen LogP contribution in [0.5, 0.6) is 0 Å². The van der Waals surface area contributed by atoms with Gasteiger partial charge in [0.05, 0.1) is 7.45 Å². The number of rotatable bonds is 11. The minimum atomic E-state index is -2.97. The SMILES string of the molecule is CN(C)P(P1(C)=NP(c2ccccc2)(c2ccccc2)=NP(c2ccccc2)(c2ccccc2)=N1)P1(C)=NP(c2ccccc2)(c2ccccc2)=NP(c2ccccc2)(c2ccccc2)=N1. The van der Waals surface area contributed by atoms with E-state index >= 15 is 0 Å². The Morgan fingerprint density at radius 2 is 0.424 bits per heavy atom. The van der Waals surface area contributed by atoms with Crippen molar-refractivity contribution in [3.8, 4) is 0 Å². The van der Waals surface area contributed by atoms with E-state index in [2.05, 4.69) is 275 Å². The molecule has 0 fully saturated rings. The van der Waals surface area contributed by atoms with Crippen LogP contribution in [0.4, 0.5) is 0 Å². The Bertz CT molecular complexity index is 2790. The molecule has 0 radical (unpaired) electrons. The standard InChI is InChI=1S/C52H52N7P7/c1-59(2)60(61(3)53-63(45-29-13-5-14-30-45,46-31-15-6-16-32-46)57-64(54-61,47-33-17-7-18-34-47)48-35-19-8-20-36-48)62(4)55-65(49-37-21-9-22-38-49,50-39-23-10-24-40-50)58-66(56-62,51-41-25-11-26-42-51)52-43-27-12-28-44-52/h5-44H,1-4H3.